The molecule has 1 saturated heterocycles. The number of hydrogen-bond acceptors (Lipinski definition) is 3. The molecule has 5 heteroatoms. The molecule has 5 nitrogen and oxygen atoms in total. The smallest absolute Gasteiger partial charge is 0.326 e. The van der Waals surface area contributed by atoms with E-state index in [1.54, 1.807) is 13.8 Å². The third-order valence-corrected chi connectivity index (χ3v) is 3.30. The maximum Gasteiger partial charge on any atom is 0.326 e. The molecule has 3 N–H and O–H groups in total. The van der Waals surface area contributed by atoms with E-state index in [1.807, 2.05) is 6.92 Å². The second-order valence-electron chi connectivity index (χ2n) is 5.14. The van der Waals surface area contributed by atoms with E-state index in [9.17, 15) is 9.59 Å². The van der Waals surface area contributed by atoms with Crippen LogP contribution in [0.1, 0.15) is 27.2 Å². The van der Waals surface area contributed by atoms with Crippen LogP contribution in [0.5, 0.6) is 0 Å². The molecule has 2 unspecified atom stereocenters. The molecule has 1 rings (SSSR count). The van der Waals surface area contributed by atoms with Crippen molar-refractivity contribution in [3.63, 3.8) is 0 Å². The molecule has 0 saturated carbocycles. The summed E-state index contributed by atoms with van der Waals surface area (Å²) in [5.41, 5.74) is 4.85. The van der Waals surface area contributed by atoms with Crippen LogP contribution in [0.3, 0.4) is 0 Å². The van der Waals surface area contributed by atoms with Crippen molar-refractivity contribution < 1.29 is 14.7 Å². The molecule has 92 valence electrons. The second kappa shape index (κ2) is 4.41. The lowest BCUT2D eigenvalue weighted by Gasteiger charge is -2.31. The van der Waals surface area contributed by atoms with E-state index < -0.39 is 17.4 Å². The number of carbonyl (C=O) groups is 2. The number of hydrogen-bond donors (Lipinski definition) is 2. The van der Waals surface area contributed by atoms with Crippen LogP contribution in [-0.4, -0.2) is 41.0 Å². The van der Waals surface area contributed by atoms with Crippen molar-refractivity contribution in [2.45, 2.75) is 33.2 Å². The van der Waals surface area contributed by atoms with E-state index in [2.05, 4.69) is 0 Å². The van der Waals surface area contributed by atoms with Gasteiger partial charge in [-0.3, -0.25) is 4.79 Å². The van der Waals surface area contributed by atoms with Crippen LogP contribution in [0.4, 0.5) is 0 Å². The molecule has 0 radical (unpaired) electrons. The number of nitrogens with two attached hydrogens (primary N) is 1. The lowest BCUT2D eigenvalue weighted by atomic mass is 9.91. The van der Waals surface area contributed by atoms with Crippen LogP contribution in [0.2, 0.25) is 0 Å². The maximum absolute atomic E-state index is 12.1. The van der Waals surface area contributed by atoms with Crippen LogP contribution < -0.4 is 5.73 Å². The Hall–Kier alpha value is -1.10. The highest BCUT2D eigenvalue weighted by Crippen LogP contribution is 2.28. The van der Waals surface area contributed by atoms with Gasteiger partial charge in [-0.1, -0.05) is 6.92 Å². The largest absolute Gasteiger partial charge is 0.480 e. The number of carboxylic acid groups (broad SMARTS) is 1. The summed E-state index contributed by atoms with van der Waals surface area (Å²) < 4.78 is 0. The Bertz CT molecular complexity index is 302. The first-order valence-electron chi connectivity index (χ1n) is 5.55. The van der Waals surface area contributed by atoms with Crippen molar-refractivity contribution >= 4 is 11.9 Å². The van der Waals surface area contributed by atoms with Gasteiger partial charge in [-0.05, 0) is 26.2 Å². The lowest BCUT2D eigenvalue weighted by Crippen LogP contribution is -2.50. The minimum Gasteiger partial charge on any atom is -0.480 e. The number of aliphatic carboxylic acids is 1. The molecule has 0 aromatic carbocycles. The van der Waals surface area contributed by atoms with Gasteiger partial charge in [0, 0.05) is 13.1 Å². The summed E-state index contributed by atoms with van der Waals surface area (Å²) in [4.78, 5) is 24.7. The number of likely N-dealkylation sites (tertiary alicyclic amines) is 1. The zero-order chi connectivity index (χ0) is 12.5. The van der Waals surface area contributed by atoms with Gasteiger partial charge in [0.2, 0.25) is 5.91 Å². The van der Waals surface area contributed by atoms with Crippen molar-refractivity contribution in [1.29, 1.82) is 0 Å². The number of rotatable bonds is 3. The van der Waals surface area contributed by atoms with Crippen LogP contribution in [0.15, 0.2) is 0 Å². The molecule has 1 fully saturated rings. The number of nitrogens with zero attached hydrogens (tertiary/aromatic N) is 1. The zero-order valence-corrected chi connectivity index (χ0v) is 10.1. The minimum atomic E-state index is -0.925. The van der Waals surface area contributed by atoms with E-state index in [1.165, 1.54) is 4.90 Å². The second-order valence-corrected chi connectivity index (χ2v) is 5.14. The molecule has 0 spiro atoms. The maximum atomic E-state index is 12.1. The Morgan fingerprint density at radius 1 is 1.50 bits per heavy atom. The SMILES string of the molecule is CC1CCN(C(=O)C(C)(C)CN)C1C(=O)O. The molecule has 16 heavy (non-hydrogen) atoms. The quantitative estimate of drug-likeness (QED) is 0.727. The number of carboxylic acids is 1. The Morgan fingerprint density at radius 2 is 2.06 bits per heavy atom. The summed E-state index contributed by atoms with van der Waals surface area (Å²) in [5, 5.41) is 9.12. The Balaban J connectivity index is 2.88. The van der Waals surface area contributed by atoms with Gasteiger partial charge in [0.05, 0.1) is 5.41 Å². The lowest BCUT2D eigenvalue weighted by molar-refractivity contribution is -0.153. The third-order valence-electron chi connectivity index (χ3n) is 3.30. The van der Waals surface area contributed by atoms with E-state index >= 15 is 0 Å². The van der Waals surface area contributed by atoms with Gasteiger partial charge in [-0.15, -0.1) is 0 Å². The Kier molecular flexibility index (Phi) is 3.57. The van der Waals surface area contributed by atoms with E-state index in [0.717, 1.165) is 6.42 Å². The van der Waals surface area contributed by atoms with Crippen LogP contribution in [0, 0.1) is 11.3 Å². The van der Waals surface area contributed by atoms with Crippen molar-refractivity contribution in [3.8, 4) is 0 Å². The van der Waals surface area contributed by atoms with Gasteiger partial charge < -0.3 is 15.7 Å². The van der Waals surface area contributed by atoms with Gasteiger partial charge in [0.15, 0.2) is 0 Å². The monoisotopic (exact) mass is 228 g/mol. The highest BCUT2D eigenvalue weighted by molar-refractivity contribution is 5.88. The standard InChI is InChI=1S/C11H20N2O3/c1-7-4-5-13(8(7)9(14)15)10(16)11(2,3)6-12/h7-8H,4-6,12H2,1-3H3,(H,14,15). The third kappa shape index (κ3) is 2.19. The van der Waals surface area contributed by atoms with Crippen molar-refractivity contribution in [2.24, 2.45) is 17.1 Å². The molecule has 1 amide bonds. The van der Waals surface area contributed by atoms with Gasteiger partial charge in [-0.25, -0.2) is 4.79 Å². The van der Waals surface area contributed by atoms with Crippen LogP contribution in [0.25, 0.3) is 0 Å². The summed E-state index contributed by atoms with van der Waals surface area (Å²) in [6.45, 7) is 6.10. The fourth-order valence-electron chi connectivity index (χ4n) is 2.03. The highest BCUT2D eigenvalue weighted by atomic mass is 16.4. The predicted octanol–water partition coefficient (Wildman–Crippen LogP) is 0.293. The van der Waals surface area contributed by atoms with Crippen molar-refractivity contribution in [2.75, 3.05) is 13.1 Å². The van der Waals surface area contributed by atoms with Crippen LogP contribution >= 0.6 is 0 Å². The highest BCUT2D eigenvalue weighted by Gasteiger charge is 2.43. The molecule has 1 heterocycles. The summed E-state index contributed by atoms with van der Waals surface area (Å²) in [5.74, 6) is -1.08. The zero-order valence-electron chi connectivity index (χ0n) is 10.1. The molecule has 0 aromatic heterocycles. The first-order chi connectivity index (χ1) is 7.31. The van der Waals surface area contributed by atoms with E-state index in [4.69, 9.17) is 10.8 Å². The minimum absolute atomic E-state index is 0.00928. The van der Waals surface area contributed by atoms with E-state index in [0.29, 0.717) is 6.54 Å². The predicted molar refractivity (Wildman–Crippen MR) is 59.8 cm³/mol. The summed E-state index contributed by atoms with van der Waals surface area (Å²) in [7, 11) is 0. The Labute approximate surface area is 95.6 Å². The molecule has 1 aliphatic rings. The normalized spacial score (nSPS) is 25.9. The molecule has 0 bridgehead atoms. The topological polar surface area (TPSA) is 83.6 Å². The molecule has 2 atom stereocenters. The van der Waals surface area contributed by atoms with Gasteiger partial charge in [0.25, 0.3) is 0 Å². The average Bonchev–Trinajstić information content (AvgIpc) is 2.58. The van der Waals surface area contributed by atoms with Crippen molar-refractivity contribution in [3.05, 3.63) is 0 Å². The number of carbonyl (C=O) groups excluding carboxylic acids is 1. The molecule has 0 aliphatic carbocycles. The molecular weight excluding hydrogens is 208 g/mol. The average molecular weight is 228 g/mol. The van der Waals surface area contributed by atoms with Gasteiger partial charge in [0.1, 0.15) is 6.04 Å². The first-order valence-corrected chi connectivity index (χ1v) is 5.55. The first kappa shape index (κ1) is 13.0. The fourth-order valence-corrected chi connectivity index (χ4v) is 2.03. The molecular formula is C11H20N2O3. The fraction of sp³-hybridized carbons (Fsp3) is 0.818. The molecule has 0 aromatic rings. The summed E-state index contributed by atoms with van der Waals surface area (Å²) in [6, 6.07) is -0.696. The Morgan fingerprint density at radius 3 is 2.50 bits per heavy atom. The van der Waals surface area contributed by atoms with Crippen LogP contribution in [-0.2, 0) is 9.59 Å². The number of amides is 1. The summed E-state index contributed by atoms with van der Waals surface area (Å²) >= 11 is 0. The molecule has 1 aliphatic heterocycles. The van der Waals surface area contributed by atoms with Crippen molar-refractivity contribution in [1.82, 2.24) is 4.90 Å². The summed E-state index contributed by atoms with van der Waals surface area (Å²) in [6.07, 6.45) is 0.739. The van der Waals surface area contributed by atoms with Gasteiger partial charge >= 0.3 is 5.97 Å². The van der Waals surface area contributed by atoms with Gasteiger partial charge in [-0.2, -0.15) is 0 Å². The van der Waals surface area contributed by atoms with E-state index in [-0.39, 0.29) is 18.4 Å².